The van der Waals surface area contributed by atoms with Gasteiger partial charge in [0.25, 0.3) is 0 Å². The fourth-order valence-electron chi connectivity index (χ4n) is 1.55. The van der Waals surface area contributed by atoms with Crippen molar-refractivity contribution in [3.8, 4) is 0 Å². The van der Waals surface area contributed by atoms with Gasteiger partial charge in [-0.3, -0.25) is 24.7 Å². The summed E-state index contributed by atoms with van der Waals surface area (Å²) in [6.07, 6.45) is 5.61. The average molecular weight is 264 g/mol. The van der Waals surface area contributed by atoms with E-state index in [1.165, 1.54) is 10.9 Å². The second-order valence-corrected chi connectivity index (χ2v) is 3.97. The molecule has 0 radical (unpaired) electrons. The number of nitrogens with zero attached hydrogens (tertiary/aromatic N) is 4. The van der Waals surface area contributed by atoms with Crippen LogP contribution in [0.15, 0.2) is 24.8 Å². The lowest BCUT2D eigenvalue weighted by molar-refractivity contribution is -0.385. The number of hydrogen-bond donors (Lipinski definition) is 2. The van der Waals surface area contributed by atoms with E-state index in [0.717, 1.165) is 11.8 Å². The van der Waals surface area contributed by atoms with Gasteiger partial charge in [0.1, 0.15) is 18.9 Å². The first-order valence-electron chi connectivity index (χ1n) is 5.51. The summed E-state index contributed by atoms with van der Waals surface area (Å²) in [6.45, 7) is 1.74. The van der Waals surface area contributed by atoms with Gasteiger partial charge in [-0.2, -0.15) is 10.2 Å². The summed E-state index contributed by atoms with van der Waals surface area (Å²) >= 11 is 0. The van der Waals surface area contributed by atoms with Gasteiger partial charge in [-0.25, -0.2) is 0 Å². The van der Waals surface area contributed by atoms with Gasteiger partial charge < -0.3 is 5.32 Å². The maximum absolute atomic E-state index is 11.7. The van der Waals surface area contributed by atoms with Crippen molar-refractivity contribution < 1.29 is 9.72 Å². The fraction of sp³-hybridized carbons (Fsp3) is 0.300. The van der Waals surface area contributed by atoms with Crippen LogP contribution >= 0.6 is 0 Å². The molecule has 0 saturated carbocycles. The van der Waals surface area contributed by atoms with E-state index >= 15 is 0 Å². The van der Waals surface area contributed by atoms with E-state index in [2.05, 4.69) is 20.6 Å². The molecule has 2 N–H and O–H groups in total. The number of aromatic amines is 1. The number of amides is 1. The largest absolute Gasteiger partial charge is 0.348 e. The van der Waals surface area contributed by atoms with Crippen LogP contribution < -0.4 is 5.32 Å². The van der Waals surface area contributed by atoms with E-state index in [1.807, 2.05) is 6.92 Å². The zero-order chi connectivity index (χ0) is 13.8. The van der Waals surface area contributed by atoms with Crippen LogP contribution in [0.5, 0.6) is 0 Å². The lowest BCUT2D eigenvalue weighted by Crippen LogP contribution is -2.30. The zero-order valence-corrected chi connectivity index (χ0v) is 10.1. The van der Waals surface area contributed by atoms with Crippen molar-refractivity contribution in [3.63, 3.8) is 0 Å². The number of hydrogen-bond acceptors (Lipinski definition) is 5. The predicted molar refractivity (Wildman–Crippen MR) is 64.0 cm³/mol. The Balaban J connectivity index is 1.92. The van der Waals surface area contributed by atoms with Crippen LogP contribution in [0.1, 0.15) is 18.5 Å². The first kappa shape index (κ1) is 12.7. The summed E-state index contributed by atoms with van der Waals surface area (Å²) < 4.78 is 1.22. The molecule has 0 saturated heterocycles. The Kier molecular flexibility index (Phi) is 3.55. The second-order valence-electron chi connectivity index (χ2n) is 3.97. The summed E-state index contributed by atoms with van der Waals surface area (Å²) in [7, 11) is 0. The molecular formula is C10H12N6O3. The minimum Gasteiger partial charge on any atom is -0.348 e. The number of nitro groups is 1. The quantitative estimate of drug-likeness (QED) is 0.598. The maximum atomic E-state index is 11.7. The molecule has 2 rings (SSSR count). The highest BCUT2D eigenvalue weighted by molar-refractivity contribution is 5.76. The molecule has 0 aliphatic heterocycles. The van der Waals surface area contributed by atoms with Crippen molar-refractivity contribution in [1.82, 2.24) is 25.3 Å². The third-order valence-corrected chi connectivity index (χ3v) is 2.53. The SMILES string of the molecule is CC(NC(=O)Cn1cc([N+](=O)[O-])cn1)c1cn[nH]c1. The second kappa shape index (κ2) is 5.29. The third-order valence-electron chi connectivity index (χ3n) is 2.53. The van der Waals surface area contributed by atoms with Crippen molar-refractivity contribution in [3.05, 3.63) is 40.5 Å². The molecule has 1 unspecified atom stereocenters. The Bertz CT molecular complexity index is 576. The molecule has 0 aromatic carbocycles. The van der Waals surface area contributed by atoms with E-state index in [9.17, 15) is 14.9 Å². The minimum absolute atomic E-state index is 0.0734. The number of carbonyl (C=O) groups excluding carboxylic acids is 1. The Morgan fingerprint density at radius 2 is 2.42 bits per heavy atom. The average Bonchev–Trinajstić information content (AvgIpc) is 2.98. The molecule has 0 spiro atoms. The Hall–Kier alpha value is -2.71. The molecule has 9 nitrogen and oxygen atoms in total. The normalized spacial score (nSPS) is 12.1. The standard InChI is InChI=1S/C10H12N6O3/c1-7(8-2-11-12-3-8)14-10(17)6-15-5-9(4-13-15)16(18)19/h2-5,7H,6H2,1H3,(H,11,12)(H,14,17). The van der Waals surface area contributed by atoms with Gasteiger partial charge in [-0.1, -0.05) is 0 Å². The van der Waals surface area contributed by atoms with Crippen LogP contribution in [0.3, 0.4) is 0 Å². The highest BCUT2D eigenvalue weighted by atomic mass is 16.6. The van der Waals surface area contributed by atoms with E-state index in [4.69, 9.17) is 0 Å². The molecule has 100 valence electrons. The van der Waals surface area contributed by atoms with E-state index < -0.39 is 4.92 Å². The molecule has 0 fully saturated rings. The summed E-state index contributed by atoms with van der Waals surface area (Å²) in [4.78, 5) is 21.6. The van der Waals surface area contributed by atoms with Gasteiger partial charge in [-0.15, -0.1) is 0 Å². The van der Waals surface area contributed by atoms with E-state index in [0.29, 0.717) is 0 Å². The zero-order valence-electron chi connectivity index (χ0n) is 10.1. The summed E-state index contributed by atoms with van der Waals surface area (Å²) in [5.74, 6) is -0.285. The van der Waals surface area contributed by atoms with Gasteiger partial charge in [0.05, 0.1) is 17.2 Å². The molecule has 2 heterocycles. The van der Waals surface area contributed by atoms with Gasteiger partial charge in [0.2, 0.25) is 5.91 Å². The topological polar surface area (TPSA) is 119 Å². The minimum atomic E-state index is -0.560. The number of aromatic nitrogens is 4. The van der Waals surface area contributed by atoms with Crippen molar-refractivity contribution in [2.75, 3.05) is 0 Å². The molecule has 2 aromatic rings. The molecule has 1 atom stereocenters. The van der Waals surface area contributed by atoms with Crippen LogP contribution in [0, 0.1) is 10.1 Å². The lowest BCUT2D eigenvalue weighted by atomic mass is 10.2. The lowest BCUT2D eigenvalue weighted by Gasteiger charge is -2.11. The maximum Gasteiger partial charge on any atom is 0.307 e. The van der Waals surface area contributed by atoms with Gasteiger partial charge in [0, 0.05) is 11.8 Å². The molecule has 0 aliphatic carbocycles. The van der Waals surface area contributed by atoms with Crippen LogP contribution in [0.2, 0.25) is 0 Å². The van der Waals surface area contributed by atoms with Gasteiger partial charge >= 0.3 is 5.69 Å². The van der Waals surface area contributed by atoms with Crippen LogP contribution in [-0.4, -0.2) is 30.8 Å². The number of H-pyrrole nitrogens is 1. The molecule has 1 amide bonds. The van der Waals surface area contributed by atoms with Crippen LogP contribution in [-0.2, 0) is 11.3 Å². The predicted octanol–water partition coefficient (Wildman–Crippen LogP) is 0.392. The van der Waals surface area contributed by atoms with Crippen molar-refractivity contribution in [2.24, 2.45) is 0 Å². The molecular weight excluding hydrogens is 252 g/mol. The van der Waals surface area contributed by atoms with Crippen LogP contribution in [0.25, 0.3) is 0 Å². The highest BCUT2D eigenvalue weighted by Crippen LogP contribution is 2.10. The molecule has 0 bridgehead atoms. The molecule has 2 aromatic heterocycles. The Morgan fingerprint density at radius 1 is 1.63 bits per heavy atom. The number of rotatable bonds is 5. The first-order valence-corrected chi connectivity index (χ1v) is 5.51. The number of nitrogens with one attached hydrogen (secondary N) is 2. The summed E-state index contributed by atoms with van der Waals surface area (Å²) in [6, 6.07) is -0.197. The number of carbonyl (C=O) groups is 1. The first-order chi connectivity index (χ1) is 9.06. The van der Waals surface area contributed by atoms with Crippen molar-refractivity contribution >= 4 is 11.6 Å². The summed E-state index contributed by atoms with van der Waals surface area (Å²) in [5, 5.41) is 23.4. The van der Waals surface area contributed by atoms with Crippen LogP contribution in [0.4, 0.5) is 5.69 Å². The van der Waals surface area contributed by atoms with Crippen molar-refractivity contribution in [2.45, 2.75) is 19.5 Å². The van der Waals surface area contributed by atoms with Gasteiger partial charge in [-0.05, 0) is 6.92 Å². The fourth-order valence-corrected chi connectivity index (χ4v) is 1.55. The highest BCUT2D eigenvalue weighted by Gasteiger charge is 2.13. The van der Waals surface area contributed by atoms with E-state index in [1.54, 1.807) is 12.4 Å². The Morgan fingerprint density at radius 3 is 3.00 bits per heavy atom. The van der Waals surface area contributed by atoms with E-state index in [-0.39, 0.29) is 24.2 Å². The van der Waals surface area contributed by atoms with Crippen molar-refractivity contribution in [1.29, 1.82) is 0 Å². The van der Waals surface area contributed by atoms with Gasteiger partial charge in [0.15, 0.2) is 0 Å². The summed E-state index contributed by atoms with van der Waals surface area (Å²) in [5.41, 5.74) is 0.704. The third kappa shape index (κ3) is 3.15. The monoisotopic (exact) mass is 264 g/mol. The molecule has 0 aliphatic rings. The smallest absolute Gasteiger partial charge is 0.307 e. The Labute approximate surface area is 107 Å². The molecule has 9 heteroatoms. The molecule has 19 heavy (non-hydrogen) atoms.